The van der Waals surface area contributed by atoms with Crippen LogP contribution < -0.4 is 10.6 Å². The van der Waals surface area contributed by atoms with Crippen LogP contribution in [0.15, 0.2) is 0 Å². The molecule has 0 saturated carbocycles. The standard InChI is InChI=1S/C9H15ClN2O3/c1-6-5-15-3-2-7(6)11-9(14)12-8(13)4-10/h6-7H,2-5H2,1H3,(H2,11,12,13,14). The fourth-order valence-electron chi connectivity index (χ4n) is 1.46. The van der Waals surface area contributed by atoms with Gasteiger partial charge in [-0.2, -0.15) is 0 Å². The quantitative estimate of drug-likeness (QED) is 0.683. The summed E-state index contributed by atoms with van der Waals surface area (Å²) in [6.07, 6.45) is 0.768. The van der Waals surface area contributed by atoms with E-state index in [4.69, 9.17) is 16.3 Å². The summed E-state index contributed by atoms with van der Waals surface area (Å²) in [6, 6.07) is -0.429. The van der Waals surface area contributed by atoms with Crippen LogP contribution in [0, 0.1) is 5.92 Å². The highest BCUT2D eigenvalue weighted by atomic mass is 35.5. The molecule has 5 nitrogen and oxygen atoms in total. The first kappa shape index (κ1) is 12.3. The summed E-state index contributed by atoms with van der Waals surface area (Å²) in [4.78, 5) is 22.1. The van der Waals surface area contributed by atoms with Crippen LogP contribution in [0.4, 0.5) is 4.79 Å². The molecule has 0 aromatic rings. The lowest BCUT2D eigenvalue weighted by atomic mass is 9.98. The Morgan fingerprint density at radius 2 is 2.27 bits per heavy atom. The summed E-state index contributed by atoms with van der Waals surface area (Å²) < 4.78 is 5.24. The second-order valence-electron chi connectivity index (χ2n) is 3.60. The highest BCUT2D eigenvalue weighted by molar-refractivity contribution is 6.28. The Morgan fingerprint density at radius 1 is 1.53 bits per heavy atom. The molecule has 2 unspecified atom stereocenters. The van der Waals surface area contributed by atoms with E-state index in [-0.39, 0.29) is 17.8 Å². The van der Waals surface area contributed by atoms with Crippen molar-refractivity contribution in [3.63, 3.8) is 0 Å². The van der Waals surface area contributed by atoms with Crippen molar-refractivity contribution < 1.29 is 14.3 Å². The van der Waals surface area contributed by atoms with Gasteiger partial charge in [0.25, 0.3) is 0 Å². The van der Waals surface area contributed by atoms with E-state index in [1.54, 1.807) is 0 Å². The zero-order valence-electron chi connectivity index (χ0n) is 8.59. The van der Waals surface area contributed by atoms with Crippen LogP contribution in [0.25, 0.3) is 0 Å². The SMILES string of the molecule is CC1COCCC1NC(=O)NC(=O)CCl. The van der Waals surface area contributed by atoms with Crippen molar-refractivity contribution in [3.8, 4) is 0 Å². The molecule has 1 fully saturated rings. The van der Waals surface area contributed by atoms with Crippen molar-refractivity contribution in [2.24, 2.45) is 5.92 Å². The van der Waals surface area contributed by atoms with Gasteiger partial charge in [-0.25, -0.2) is 4.79 Å². The second kappa shape index (κ2) is 5.92. The first-order valence-electron chi connectivity index (χ1n) is 4.87. The molecule has 0 aromatic carbocycles. The van der Waals surface area contributed by atoms with Gasteiger partial charge < -0.3 is 10.1 Å². The average Bonchev–Trinajstić information content (AvgIpc) is 2.21. The number of hydrogen-bond donors (Lipinski definition) is 2. The van der Waals surface area contributed by atoms with E-state index in [0.29, 0.717) is 13.2 Å². The molecule has 0 aliphatic carbocycles. The highest BCUT2D eigenvalue weighted by Crippen LogP contribution is 2.13. The van der Waals surface area contributed by atoms with Gasteiger partial charge in [0.15, 0.2) is 0 Å². The van der Waals surface area contributed by atoms with Crippen LogP contribution in [-0.2, 0) is 9.53 Å². The van der Waals surface area contributed by atoms with Crippen LogP contribution >= 0.6 is 11.6 Å². The Kier molecular flexibility index (Phi) is 4.84. The number of hydrogen-bond acceptors (Lipinski definition) is 3. The zero-order valence-corrected chi connectivity index (χ0v) is 9.34. The molecule has 0 bridgehead atoms. The van der Waals surface area contributed by atoms with Gasteiger partial charge in [-0.1, -0.05) is 6.92 Å². The molecule has 1 heterocycles. The zero-order chi connectivity index (χ0) is 11.3. The predicted molar refractivity (Wildman–Crippen MR) is 55.8 cm³/mol. The molecule has 86 valence electrons. The lowest BCUT2D eigenvalue weighted by molar-refractivity contribution is -0.117. The molecule has 0 spiro atoms. The summed E-state index contributed by atoms with van der Waals surface area (Å²) in [7, 11) is 0. The monoisotopic (exact) mass is 234 g/mol. The van der Waals surface area contributed by atoms with Crippen LogP contribution in [-0.4, -0.2) is 37.1 Å². The third kappa shape index (κ3) is 4.05. The topological polar surface area (TPSA) is 67.4 Å². The number of nitrogens with one attached hydrogen (secondary N) is 2. The van der Waals surface area contributed by atoms with Crippen molar-refractivity contribution in [2.45, 2.75) is 19.4 Å². The largest absolute Gasteiger partial charge is 0.381 e. The fraction of sp³-hybridized carbons (Fsp3) is 0.778. The lowest BCUT2D eigenvalue weighted by Crippen LogP contribution is -2.49. The van der Waals surface area contributed by atoms with E-state index >= 15 is 0 Å². The normalized spacial score (nSPS) is 25.7. The third-order valence-electron chi connectivity index (χ3n) is 2.33. The van der Waals surface area contributed by atoms with Gasteiger partial charge in [0.05, 0.1) is 6.61 Å². The number of urea groups is 1. The summed E-state index contributed by atoms with van der Waals surface area (Å²) in [6.45, 7) is 3.26. The molecule has 3 amide bonds. The molecular weight excluding hydrogens is 220 g/mol. The molecule has 15 heavy (non-hydrogen) atoms. The summed E-state index contributed by atoms with van der Waals surface area (Å²) in [5.41, 5.74) is 0. The second-order valence-corrected chi connectivity index (χ2v) is 3.87. The number of ether oxygens (including phenoxy) is 1. The Morgan fingerprint density at radius 3 is 2.87 bits per heavy atom. The van der Waals surface area contributed by atoms with Gasteiger partial charge in [0.1, 0.15) is 5.88 Å². The van der Waals surface area contributed by atoms with E-state index in [9.17, 15) is 9.59 Å². The van der Waals surface area contributed by atoms with Gasteiger partial charge in [-0.05, 0) is 12.3 Å². The lowest BCUT2D eigenvalue weighted by Gasteiger charge is -2.29. The molecule has 6 heteroatoms. The predicted octanol–water partition coefficient (Wildman–Crippen LogP) is 0.476. The number of imide groups is 1. The van der Waals surface area contributed by atoms with Gasteiger partial charge in [0, 0.05) is 12.6 Å². The van der Waals surface area contributed by atoms with E-state index in [0.717, 1.165) is 6.42 Å². The molecule has 1 aliphatic heterocycles. The van der Waals surface area contributed by atoms with E-state index < -0.39 is 11.9 Å². The first-order chi connectivity index (χ1) is 7.13. The van der Waals surface area contributed by atoms with Gasteiger partial charge in [0.2, 0.25) is 5.91 Å². The maximum absolute atomic E-state index is 11.3. The van der Waals surface area contributed by atoms with Crippen molar-refractivity contribution in [1.82, 2.24) is 10.6 Å². The Balaban J connectivity index is 2.33. The van der Waals surface area contributed by atoms with Crippen LogP contribution in [0.2, 0.25) is 0 Å². The van der Waals surface area contributed by atoms with Crippen LogP contribution in [0.5, 0.6) is 0 Å². The highest BCUT2D eigenvalue weighted by Gasteiger charge is 2.23. The maximum Gasteiger partial charge on any atom is 0.321 e. The summed E-state index contributed by atoms with van der Waals surface area (Å²) in [5, 5.41) is 4.86. The molecule has 2 N–H and O–H groups in total. The Hall–Kier alpha value is -0.810. The number of alkyl halides is 1. The average molecular weight is 235 g/mol. The van der Waals surface area contributed by atoms with E-state index in [1.807, 2.05) is 6.92 Å². The van der Waals surface area contributed by atoms with Crippen LogP contribution in [0.1, 0.15) is 13.3 Å². The van der Waals surface area contributed by atoms with Crippen molar-refractivity contribution >= 4 is 23.5 Å². The Labute approximate surface area is 93.5 Å². The van der Waals surface area contributed by atoms with E-state index in [2.05, 4.69) is 10.6 Å². The third-order valence-corrected chi connectivity index (χ3v) is 2.57. The Bertz CT molecular complexity index is 248. The molecule has 0 radical (unpaired) electrons. The molecule has 1 rings (SSSR count). The van der Waals surface area contributed by atoms with Crippen molar-refractivity contribution in [2.75, 3.05) is 19.1 Å². The minimum absolute atomic E-state index is 0.0573. The van der Waals surface area contributed by atoms with Crippen molar-refractivity contribution in [1.29, 1.82) is 0 Å². The molecular formula is C9H15ClN2O3. The number of halogens is 1. The molecule has 1 aliphatic rings. The summed E-state index contributed by atoms with van der Waals surface area (Å²) in [5.74, 6) is -0.444. The van der Waals surface area contributed by atoms with Gasteiger partial charge >= 0.3 is 6.03 Å². The number of rotatable bonds is 2. The number of carbonyl (C=O) groups excluding carboxylic acids is 2. The van der Waals surface area contributed by atoms with Gasteiger partial charge in [-0.15, -0.1) is 11.6 Å². The van der Waals surface area contributed by atoms with Crippen LogP contribution in [0.3, 0.4) is 0 Å². The first-order valence-corrected chi connectivity index (χ1v) is 5.41. The molecule has 2 atom stereocenters. The minimum atomic E-state index is -0.492. The summed E-state index contributed by atoms with van der Waals surface area (Å²) >= 11 is 5.26. The fourth-order valence-corrected chi connectivity index (χ4v) is 1.53. The number of amides is 3. The molecule has 1 saturated heterocycles. The molecule has 0 aromatic heterocycles. The smallest absolute Gasteiger partial charge is 0.321 e. The van der Waals surface area contributed by atoms with E-state index in [1.165, 1.54) is 0 Å². The maximum atomic E-state index is 11.3. The van der Waals surface area contributed by atoms with Crippen molar-refractivity contribution in [3.05, 3.63) is 0 Å². The minimum Gasteiger partial charge on any atom is -0.381 e. The van der Waals surface area contributed by atoms with Gasteiger partial charge in [-0.3, -0.25) is 10.1 Å². The number of carbonyl (C=O) groups is 2.